The van der Waals surface area contributed by atoms with Gasteiger partial charge in [-0.15, -0.1) is 0 Å². The third kappa shape index (κ3) is 7.13. The number of carbonyl (C=O) groups is 2. The number of aryl methyl sites for hydroxylation is 2. The molecule has 2 heterocycles. The molecule has 2 amide bonds. The molecule has 9 heteroatoms. The summed E-state index contributed by atoms with van der Waals surface area (Å²) in [6.45, 7) is 7.64. The zero-order chi connectivity index (χ0) is 28.1. The molecule has 1 aliphatic heterocycles. The summed E-state index contributed by atoms with van der Waals surface area (Å²) in [5, 5.41) is 21.4. The van der Waals surface area contributed by atoms with Crippen molar-refractivity contribution in [3.05, 3.63) is 87.2 Å². The molecule has 0 atom stereocenters. The minimum absolute atomic E-state index is 0.0567. The minimum atomic E-state index is -0.650. The Kier molecular flexibility index (Phi) is 8.83. The second-order valence-electron chi connectivity index (χ2n) is 10.4. The van der Waals surface area contributed by atoms with E-state index in [0.717, 1.165) is 61.4 Å². The third-order valence-electron chi connectivity index (χ3n) is 7.12. The summed E-state index contributed by atoms with van der Waals surface area (Å²) in [6, 6.07) is 13.0. The standard InChI is InChI=1S/C30H37N5O4/c1-19-12-21(27(36)25(14-19)29(31)38)16-34-9-3-4-10-35(18-24-7-5-6-23(33-24)8-11-34)17-22-13-20(2)15-26(28(22)37)30(32)39/h5-7,12-15,36-37H,3-4,8-11,16-18H2,1-2H3,(H2,31,38)(H2,32,39). The van der Waals surface area contributed by atoms with Crippen molar-refractivity contribution in [3.63, 3.8) is 0 Å². The fourth-order valence-electron chi connectivity index (χ4n) is 5.22. The van der Waals surface area contributed by atoms with E-state index in [4.69, 9.17) is 16.5 Å². The number of benzene rings is 2. The van der Waals surface area contributed by atoms with Gasteiger partial charge in [0.05, 0.1) is 16.8 Å². The van der Waals surface area contributed by atoms with Crippen molar-refractivity contribution >= 4 is 11.8 Å². The van der Waals surface area contributed by atoms with Gasteiger partial charge < -0.3 is 21.7 Å². The lowest BCUT2D eigenvalue weighted by Gasteiger charge is -2.27. The molecule has 1 aliphatic rings. The summed E-state index contributed by atoms with van der Waals surface area (Å²) in [4.78, 5) is 33.0. The highest BCUT2D eigenvalue weighted by molar-refractivity contribution is 5.96. The van der Waals surface area contributed by atoms with Crippen LogP contribution in [0.25, 0.3) is 0 Å². The SMILES string of the molecule is Cc1cc(CN2CCCCN(Cc3cc(C)cc(C(N)=O)c3O)Cc3cccc(n3)CC2)c(O)c(C(N)=O)c1. The van der Waals surface area contributed by atoms with Crippen LogP contribution in [0.2, 0.25) is 0 Å². The molecule has 39 heavy (non-hydrogen) atoms. The van der Waals surface area contributed by atoms with Gasteiger partial charge in [-0.2, -0.15) is 0 Å². The highest BCUT2D eigenvalue weighted by Gasteiger charge is 2.19. The van der Waals surface area contributed by atoms with E-state index in [1.54, 1.807) is 12.1 Å². The summed E-state index contributed by atoms with van der Waals surface area (Å²) in [5.41, 5.74) is 16.2. The van der Waals surface area contributed by atoms with E-state index in [1.807, 2.05) is 44.2 Å². The molecular formula is C30H37N5O4. The highest BCUT2D eigenvalue weighted by atomic mass is 16.3. The van der Waals surface area contributed by atoms with E-state index >= 15 is 0 Å². The van der Waals surface area contributed by atoms with Crippen LogP contribution in [-0.2, 0) is 26.1 Å². The van der Waals surface area contributed by atoms with Gasteiger partial charge in [0.1, 0.15) is 11.5 Å². The lowest BCUT2D eigenvalue weighted by Crippen LogP contribution is -2.30. The predicted octanol–water partition coefficient (Wildman–Crippen LogP) is 3.15. The van der Waals surface area contributed by atoms with Crippen molar-refractivity contribution < 1.29 is 19.8 Å². The molecular weight excluding hydrogens is 494 g/mol. The Hall–Kier alpha value is -3.95. The van der Waals surface area contributed by atoms with Crippen LogP contribution in [0.4, 0.5) is 0 Å². The smallest absolute Gasteiger partial charge is 0.252 e. The van der Waals surface area contributed by atoms with Crippen LogP contribution < -0.4 is 11.5 Å². The third-order valence-corrected chi connectivity index (χ3v) is 7.12. The molecule has 0 saturated carbocycles. The van der Waals surface area contributed by atoms with E-state index in [9.17, 15) is 19.8 Å². The van der Waals surface area contributed by atoms with Crippen LogP contribution in [0.1, 0.15) is 67.2 Å². The van der Waals surface area contributed by atoms with Gasteiger partial charge in [0.2, 0.25) is 0 Å². The molecule has 4 rings (SSSR count). The van der Waals surface area contributed by atoms with Crippen molar-refractivity contribution in [2.45, 2.75) is 52.7 Å². The van der Waals surface area contributed by atoms with E-state index in [-0.39, 0.29) is 22.6 Å². The van der Waals surface area contributed by atoms with E-state index < -0.39 is 11.8 Å². The lowest BCUT2D eigenvalue weighted by atomic mass is 10.0. The van der Waals surface area contributed by atoms with E-state index in [0.29, 0.717) is 30.8 Å². The Morgan fingerprint density at radius 3 is 1.87 bits per heavy atom. The number of fused-ring (bicyclic) bond motifs is 2. The Morgan fingerprint density at radius 2 is 1.31 bits per heavy atom. The minimum Gasteiger partial charge on any atom is -0.507 e. The number of hydrogen-bond acceptors (Lipinski definition) is 7. The van der Waals surface area contributed by atoms with Crippen LogP contribution in [0.5, 0.6) is 11.5 Å². The van der Waals surface area contributed by atoms with Crippen molar-refractivity contribution in [1.82, 2.24) is 14.8 Å². The number of nitrogens with zero attached hydrogens (tertiary/aromatic N) is 3. The molecule has 0 spiro atoms. The van der Waals surface area contributed by atoms with Crippen molar-refractivity contribution in [1.29, 1.82) is 0 Å². The number of nitrogens with two attached hydrogens (primary N) is 2. The molecule has 2 aromatic carbocycles. The summed E-state index contributed by atoms with van der Waals surface area (Å²) in [7, 11) is 0. The number of primary amides is 2. The van der Waals surface area contributed by atoms with Crippen LogP contribution in [-0.4, -0.2) is 56.4 Å². The average Bonchev–Trinajstić information content (AvgIpc) is 2.87. The van der Waals surface area contributed by atoms with Crippen molar-refractivity contribution in [2.75, 3.05) is 19.6 Å². The van der Waals surface area contributed by atoms with Gasteiger partial charge in [-0.1, -0.05) is 18.2 Å². The summed E-state index contributed by atoms with van der Waals surface area (Å²) >= 11 is 0. The second-order valence-corrected chi connectivity index (χ2v) is 10.4. The molecule has 0 radical (unpaired) electrons. The Labute approximate surface area is 229 Å². The lowest BCUT2D eigenvalue weighted by molar-refractivity contribution is 0.0988. The number of hydrogen-bond donors (Lipinski definition) is 4. The first-order chi connectivity index (χ1) is 18.6. The summed E-state index contributed by atoms with van der Waals surface area (Å²) in [6.07, 6.45) is 2.56. The van der Waals surface area contributed by atoms with Gasteiger partial charge in [0.15, 0.2) is 0 Å². The van der Waals surface area contributed by atoms with Crippen molar-refractivity contribution in [3.8, 4) is 11.5 Å². The quantitative estimate of drug-likeness (QED) is 0.382. The van der Waals surface area contributed by atoms with Crippen LogP contribution in [0.15, 0.2) is 42.5 Å². The molecule has 0 unspecified atom stereocenters. The monoisotopic (exact) mass is 531 g/mol. The first-order valence-electron chi connectivity index (χ1n) is 13.2. The largest absolute Gasteiger partial charge is 0.507 e. The van der Waals surface area contributed by atoms with E-state index in [1.165, 1.54) is 0 Å². The number of pyridine rings is 1. The topological polar surface area (TPSA) is 146 Å². The molecule has 1 aromatic heterocycles. The van der Waals surface area contributed by atoms with Gasteiger partial charge in [-0.05, 0) is 75.2 Å². The normalized spacial score (nSPS) is 15.3. The number of aromatic hydroxyl groups is 2. The molecule has 0 saturated heterocycles. The van der Waals surface area contributed by atoms with Crippen LogP contribution >= 0.6 is 0 Å². The maximum atomic E-state index is 11.8. The Bertz CT molecular complexity index is 1370. The Balaban J connectivity index is 1.55. The number of phenols is 2. The first-order valence-corrected chi connectivity index (χ1v) is 13.2. The molecule has 9 nitrogen and oxygen atoms in total. The summed E-state index contributed by atoms with van der Waals surface area (Å²) in [5.74, 6) is -1.42. The maximum absolute atomic E-state index is 11.8. The number of rotatable bonds is 6. The van der Waals surface area contributed by atoms with Crippen LogP contribution in [0, 0.1) is 13.8 Å². The van der Waals surface area contributed by atoms with E-state index in [2.05, 4.69) is 9.80 Å². The fourth-order valence-corrected chi connectivity index (χ4v) is 5.22. The number of carbonyl (C=O) groups excluding carboxylic acids is 2. The van der Waals surface area contributed by atoms with Crippen LogP contribution in [0.3, 0.4) is 0 Å². The van der Waals surface area contributed by atoms with Crippen molar-refractivity contribution in [2.24, 2.45) is 11.5 Å². The summed E-state index contributed by atoms with van der Waals surface area (Å²) < 4.78 is 0. The zero-order valence-corrected chi connectivity index (χ0v) is 22.6. The van der Waals surface area contributed by atoms with Gasteiger partial charge >= 0.3 is 0 Å². The Morgan fingerprint density at radius 1 is 0.795 bits per heavy atom. The maximum Gasteiger partial charge on any atom is 0.252 e. The zero-order valence-electron chi connectivity index (χ0n) is 22.6. The molecule has 6 N–H and O–H groups in total. The first kappa shape index (κ1) is 28.1. The second kappa shape index (κ2) is 12.3. The van der Waals surface area contributed by atoms with Gasteiger partial charge in [-0.25, -0.2) is 0 Å². The fraction of sp³-hybridized carbons (Fsp3) is 0.367. The highest BCUT2D eigenvalue weighted by Crippen LogP contribution is 2.28. The molecule has 3 aromatic rings. The average molecular weight is 532 g/mol. The molecule has 206 valence electrons. The molecule has 0 aliphatic carbocycles. The molecule has 2 bridgehead atoms. The number of aromatic nitrogens is 1. The predicted molar refractivity (Wildman–Crippen MR) is 149 cm³/mol. The van der Waals surface area contributed by atoms with Gasteiger partial charge in [0.25, 0.3) is 11.8 Å². The van der Waals surface area contributed by atoms with Gasteiger partial charge in [0, 0.05) is 49.4 Å². The van der Waals surface area contributed by atoms with Gasteiger partial charge in [-0.3, -0.25) is 24.4 Å². The number of amides is 2. The molecule has 0 fully saturated rings.